The lowest BCUT2D eigenvalue weighted by Gasteiger charge is -2.27. The summed E-state index contributed by atoms with van der Waals surface area (Å²) in [6.45, 7) is 11.9. The fourth-order valence-corrected chi connectivity index (χ4v) is 3.13. The van der Waals surface area contributed by atoms with Gasteiger partial charge in [0.1, 0.15) is 5.82 Å². The van der Waals surface area contributed by atoms with Gasteiger partial charge in [0.15, 0.2) is 0 Å². The van der Waals surface area contributed by atoms with Gasteiger partial charge in [-0.15, -0.1) is 0 Å². The molecule has 25 heavy (non-hydrogen) atoms. The Morgan fingerprint density at radius 2 is 1.84 bits per heavy atom. The molecule has 0 radical (unpaired) electrons. The lowest BCUT2D eigenvalue weighted by molar-refractivity contribution is 0.0377. The van der Waals surface area contributed by atoms with Gasteiger partial charge in [-0.1, -0.05) is 0 Å². The highest BCUT2D eigenvalue weighted by atomic mass is 16.5. The molecule has 136 valence electrons. The van der Waals surface area contributed by atoms with Gasteiger partial charge in [0.2, 0.25) is 0 Å². The molecule has 0 atom stereocenters. The zero-order valence-corrected chi connectivity index (χ0v) is 15.7. The van der Waals surface area contributed by atoms with Gasteiger partial charge >= 0.3 is 0 Å². The summed E-state index contributed by atoms with van der Waals surface area (Å²) in [5.74, 6) is 1.58. The summed E-state index contributed by atoms with van der Waals surface area (Å²) in [4.78, 5) is 13.9. The summed E-state index contributed by atoms with van der Waals surface area (Å²) in [5, 5.41) is 4.50. The van der Waals surface area contributed by atoms with Gasteiger partial charge in [-0.05, 0) is 33.3 Å². The number of aromatic nitrogens is 4. The standard InChI is InChI=1S/C18H28N6O/c1-14-13-17(20-18(19-14)24-16(3)12-15(2)21-24)22(4)6-5-7-23-8-10-25-11-9-23/h12-13H,5-11H2,1-4H3. The Balaban J connectivity index is 1.65. The van der Waals surface area contributed by atoms with Crippen molar-refractivity contribution in [2.45, 2.75) is 27.2 Å². The minimum absolute atomic E-state index is 0.639. The van der Waals surface area contributed by atoms with E-state index in [1.165, 1.54) is 0 Å². The van der Waals surface area contributed by atoms with E-state index in [1.807, 2.05) is 37.6 Å². The molecule has 2 aromatic rings. The Hall–Kier alpha value is -1.99. The average Bonchev–Trinajstić information content (AvgIpc) is 2.93. The van der Waals surface area contributed by atoms with Gasteiger partial charge in [0.25, 0.3) is 5.95 Å². The van der Waals surface area contributed by atoms with Crippen LogP contribution in [0.2, 0.25) is 0 Å². The molecule has 0 N–H and O–H groups in total. The molecule has 2 aromatic heterocycles. The van der Waals surface area contributed by atoms with Crippen molar-refractivity contribution < 1.29 is 4.74 Å². The van der Waals surface area contributed by atoms with E-state index in [2.05, 4.69) is 26.9 Å². The molecule has 1 aliphatic rings. The minimum atomic E-state index is 0.639. The number of hydrogen-bond acceptors (Lipinski definition) is 6. The number of nitrogens with zero attached hydrogens (tertiary/aromatic N) is 6. The molecule has 0 saturated carbocycles. The highest BCUT2D eigenvalue weighted by molar-refractivity contribution is 5.41. The van der Waals surface area contributed by atoms with Gasteiger partial charge < -0.3 is 9.64 Å². The number of rotatable bonds is 6. The fourth-order valence-electron chi connectivity index (χ4n) is 3.13. The summed E-state index contributed by atoms with van der Waals surface area (Å²) in [5.41, 5.74) is 2.97. The van der Waals surface area contributed by atoms with Crippen molar-refractivity contribution in [1.82, 2.24) is 24.6 Å². The van der Waals surface area contributed by atoms with Gasteiger partial charge in [-0.2, -0.15) is 10.1 Å². The molecule has 1 aliphatic heterocycles. The van der Waals surface area contributed by atoms with Crippen molar-refractivity contribution in [3.8, 4) is 5.95 Å². The second-order valence-electron chi connectivity index (χ2n) is 6.74. The van der Waals surface area contributed by atoms with Crippen molar-refractivity contribution >= 4 is 5.82 Å². The van der Waals surface area contributed by atoms with Crippen LogP contribution in [-0.2, 0) is 4.74 Å². The number of hydrogen-bond donors (Lipinski definition) is 0. The molecule has 0 amide bonds. The zero-order chi connectivity index (χ0) is 17.8. The minimum Gasteiger partial charge on any atom is -0.379 e. The summed E-state index contributed by atoms with van der Waals surface area (Å²) >= 11 is 0. The van der Waals surface area contributed by atoms with Crippen molar-refractivity contribution in [3.05, 3.63) is 29.2 Å². The molecule has 7 nitrogen and oxygen atoms in total. The first-order chi connectivity index (χ1) is 12.0. The molecule has 0 unspecified atom stereocenters. The molecular formula is C18H28N6O. The van der Waals surface area contributed by atoms with Crippen LogP contribution in [0.5, 0.6) is 0 Å². The number of aryl methyl sites for hydroxylation is 3. The summed E-state index contributed by atoms with van der Waals surface area (Å²) in [6, 6.07) is 4.07. The summed E-state index contributed by atoms with van der Waals surface area (Å²) in [6.07, 6.45) is 1.11. The third kappa shape index (κ3) is 4.55. The third-order valence-electron chi connectivity index (χ3n) is 4.49. The van der Waals surface area contributed by atoms with Crippen molar-refractivity contribution in [3.63, 3.8) is 0 Å². The Labute approximate surface area is 149 Å². The molecule has 1 fully saturated rings. The third-order valence-corrected chi connectivity index (χ3v) is 4.49. The highest BCUT2D eigenvalue weighted by Crippen LogP contribution is 2.15. The molecule has 0 aliphatic carbocycles. The number of morpholine rings is 1. The first-order valence-corrected chi connectivity index (χ1v) is 8.93. The van der Waals surface area contributed by atoms with E-state index < -0.39 is 0 Å². The van der Waals surface area contributed by atoms with Crippen LogP contribution in [0.4, 0.5) is 5.82 Å². The zero-order valence-electron chi connectivity index (χ0n) is 15.7. The number of anilines is 1. The molecule has 0 aromatic carbocycles. The van der Waals surface area contributed by atoms with Crippen molar-refractivity contribution in [2.24, 2.45) is 0 Å². The van der Waals surface area contributed by atoms with E-state index in [0.717, 1.165) is 68.7 Å². The molecule has 7 heteroatoms. The quantitative estimate of drug-likeness (QED) is 0.796. The molecule has 1 saturated heterocycles. The topological polar surface area (TPSA) is 59.3 Å². The van der Waals surface area contributed by atoms with E-state index in [1.54, 1.807) is 0 Å². The van der Waals surface area contributed by atoms with Crippen LogP contribution in [0.3, 0.4) is 0 Å². The SMILES string of the molecule is Cc1cc(N(C)CCCN2CCOCC2)nc(-n2nc(C)cc2C)n1. The second kappa shape index (κ2) is 7.93. The van der Waals surface area contributed by atoms with Gasteiger partial charge in [-0.3, -0.25) is 4.90 Å². The average molecular weight is 344 g/mol. The normalized spacial score (nSPS) is 15.5. The maximum atomic E-state index is 5.40. The lowest BCUT2D eigenvalue weighted by atomic mass is 10.3. The lowest BCUT2D eigenvalue weighted by Crippen LogP contribution is -2.38. The van der Waals surface area contributed by atoms with E-state index >= 15 is 0 Å². The molecule has 3 rings (SSSR count). The molecule has 3 heterocycles. The first-order valence-electron chi connectivity index (χ1n) is 8.93. The van der Waals surface area contributed by atoms with Crippen molar-refractivity contribution in [2.75, 3.05) is 51.3 Å². The maximum Gasteiger partial charge on any atom is 0.252 e. The Bertz CT molecular complexity index is 708. The monoisotopic (exact) mass is 344 g/mol. The van der Waals surface area contributed by atoms with Crippen LogP contribution in [-0.4, -0.2) is 71.1 Å². The van der Waals surface area contributed by atoms with Crippen LogP contribution >= 0.6 is 0 Å². The maximum absolute atomic E-state index is 5.40. The Morgan fingerprint density at radius 1 is 1.08 bits per heavy atom. The molecule has 0 spiro atoms. The smallest absolute Gasteiger partial charge is 0.252 e. The second-order valence-corrected chi connectivity index (χ2v) is 6.74. The Kier molecular flexibility index (Phi) is 5.65. The van der Waals surface area contributed by atoms with E-state index in [-0.39, 0.29) is 0 Å². The summed E-state index contributed by atoms with van der Waals surface area (Å²) in [7, 11) is 2.09. The fraction of sp³-hybridized carbons (Fsp3) is 0.611. The van der Waals surface area contributed by atoms with Gasteiger partial charge in [0, 0.05) is 50.7 Å². The van der Waals surface area contributed by atoms with E-state index in [9.17, 15) is 0 Å². The number of ether oxygens (including phenoxy) is 1. The van der Waals surface area contributed by atoms with E-state index in [4.69, 9.17) is 9.72 Å². The van der Waals surface area contributed by atoms with Crippen LogP contribution in [0.15, 0.2) is 12.1 Å². The molecular weight excluding hydrogens is 316 g/mol. The van der Waals surface area contributed by atoms with E-state index in [0.29, 0.717) is 5.95 Å². The van der Waals surface area contributed by atoms with Crippen LogP contribution in [0.25, 0.3) is 5.95 Å². The Morgan fingerprint density at radius 3 is 2.52 bits per heavy atom. The largest absolute Gasteiger partial charge is 0.379 e. The van der Waals surface area contributed by atoms with Crippen LogP contribution < -0.4 is 4.90 Å². The summed E-state index contributed by atoms with van der Waals surface area (Å²) < 4.78 is 7.21. The van der Waals surface area contributed by atoms with Crippen LogP contribution in [0.1, 0.15) is 23.5 Å². The predicted molar refractivity (Wildman–Crippen MR) is 98.5 cm³/mol. The van der Waals surface area contributed by atoms with Gasteiger partial charge in [-0.25, -0.2) is 9.67 Å². The highest BCUT2D eigenvalue weighted by Gasteiger charge is 2.13. The van der Waals surface area contributed by atoms with Crippen LogP contribution in [0, 0.1) is 20.8 Å². The van der Waals surface area contributed by atoms with Gasteiger partial charge in [0.05, 0.1) is 18.9 Å². The first kappa shape index (κ1) is 17.8. The molecule has 0 bridgehead atoms. The van der Waals surface area contributed by atoms with Crippen molar-refractivity contribution in [1.29, 1.82) is 0 Å². The predicted octanol–water partition coefficient (Wildman–Crippen LogP) is 1.75.